The molecule has 2 aromatic carbocycles. The van der Waals surface area contributed by atoms with Crippen LogP contribution in [0.5, 0.6) is 0 Å². The topological polar surface area (TPSA) is 97.8 Å². The van der Waals surface area contributed by atoms with Crippen LogP contribution in [-0.2, 0) is 19.4 Å². The summed E-state index contributed by atoms with van der Waals surface area (Å²) in [6.07, 6.45) is 2.01. The van der Waals surface area contributed by atoms with Gasteiger partial charge in [0.2, 0.25) is 0 Å². The van der Waals surface area contributed by atoms with Gasteiger partial charge < -0.3 is 9.64 Å². The molecule has 0 bridgehead atoms. The van der Waals surface area contributed by atoms with Gasteiger partial charge in [-0.15, -0.1) is 0 Å². The molecular weight excluding hydrogens is 430 g/mol. The fourth-order valence-electron chi connectivity index (χ4n) is 3.67. The molecular formula is C24H27NO6S. The van der Waals surface area contributed by atoms with Crippen molar-refractivity contribution in [3.8, 4) is 0 Å². The summed E-state index contributed by atoms with van der Waals surface area (Å²) >= 11 is 0. The number of benzene rings is 2. The molecule has 1 heterocycles. The van der Waals surface area contributed by atoms with E-state index in [1.165, 1.54) is 17.0 Å². The Morgan fingerprint density at radius 2 is 1.59 bits per heavy atom. The number of hydrogen-bond donors (Lipinski definition) is 0. The Balaban J connectivity index is 1.60. The van der Waals surface area contributed by atoms with Gasteiger partial charge in [0, 0.05) is 23.7 Å². The molecule has 1 fully saturated rings. The molecule has 3 rings (SSSR count). The molecule has 0 aromatic heterocycles. The third-order valence-corrected chi connectivity index (χ3v) is 7.22. The molecule has 0 radical (unpaired) electrons. The van der Waals surface area contributed by atoms with Crippen LogP contribution >= 0.6 is 0 Å². The van der Waals surface area contributed by atoms with E-state index in [1.54, 1.807) is 36.4 Å². The van der Waals surface area contributed by atoms with Gasteiger partial charge in [0.1, 0.15) is 0 Å². The standard InChI is InChI=1S/C24H27NO6S/c1-2-3-14-25(21-13-15-32(29,30)17-21)22(26)16-31-24(28)20-11-9-19(10-12-20)23(27)18-7-5-4-6-8-18/h4-12,21H,2-3,13-17H2,1H3. The van der Waals surface area contributed by atoms with E-state index >= 15 is 0 Å². The van der Waals surface area contributed by atoms with Gasteiger partial charge in [-0.3, -0.25) is 9.59 Å². The summed E-state index contributed by atoms with van der Waals surface area (Å²) in [5, 5.41) is 0. The zero-order chi connectivity index (χ0) is 23.1. The SMILES string of the molecule is CCCCN(C(=O)COC(=O)c1ccc(C(=O)c2ccccc2)cc1)C1CCS(=O)(=O)C1. The number of carbonyl (C=O) groups is 3. The van der Waals surface area contributed by atoms with Crippen LogP contribution in [-0.4, -0.2) is 61.7 Å². The van der Waals surface area contributed by atoms with E-state index in [4.69, 9.17) is 4.74 Å². The summed E-state index contributed by atoms with van der Waals surface area (Å²) in [5.41, 5.74) is 1.22. The highest BCUT2D eigenvalue weighted by Gasteiger charge is 2.34. The van der Waals surface area contributed by atoms with Crippen molar-refractivity contribution in [2.75, 3.05) is 24.7 Å². The molecule has 1 amide bonds. The molecule has 0 saturated carbocycles. The third-order valence-electron chi connectivity index (χ3n) is 5.47. The van der Waals surface area contributed by atoms with Crippen molar-refractivity contribution in [3.05, 3.63) is 71.3 Å². The lowest BCUT2D eigenvalue weighted by Gasteiger charge is -2.28. The minimum absolute atomic E-state index is 0.0483. The number of ether oxygens (including phenoxy) is 1. The second-order valence-electron chi connectivity index (χ2n) is 7.85. The van der Waals surface area contributed by atoms with Crippen LogP contribution in [0.2, 0.25) is 0 Å². The van der Waals surface area contributed by atoms with E-state index in [0.717, 1.165) is 12.8 Å². The van der Waals surface area contributed by atoms with E-state index in [-0.39, 0.29) is 28.9 Å². The Morgan fingerprint density at radius 1 is 0.969 bits per heavy atom. The number of hydrogen-bond acceptors (Lipinski definition) is 6. The lowest BCUT2D eigenvalue weighted by atomic mass is 10.0. The zero-order valence-corrected chi connectivity index (χ0v) is 18.8. The molecule has 8 heteroatoms. The Hall–Kier alpha value is -3.00. The van der Waals surface area contributed by atoms with Crippen LogP contribution in [0.1, 0.15) is 52.5 Å². The Bertz CT molecular complexity index is 1060. The number of ketones is 1. The lowest BCUT2D eigenvalue weighted by molar-refractivity contribution is -0.136. The highest BCUT2D eigenvalue weighted by molar-refractivity contribution is 7.91. The highest BCUT2D eigenvalue weighted by Crippen LogP contribution is 2.19. The van der Waals surface area contributed by atoms with Crippen molar-refractivity contribution in [2.24, 2.45) is 0 Å². The van der Waals surface area contributed by atoms with Crippen molar-refractivity contribution in [3.63, 3.8) is 0 Å². The van der Waals surface area contributed by atoms with Gasteiger partial charge in [-0.1, -0.05) is 55.8 Å². The molecule has 7 nitrogen and oxygen atoms in total. The van der Waals surface area contributed by atoms with E-state index in [2.05, 4.69) is 0 Å². The van der Waals surface area contributed by atoms with Crippen LogP contribution < -0.4 is 0 Å². The largest absolute Gasteiger partial charge is 0.452 e. The number of unbranched alkanes of at least 4 members (excludes halogenated alkanes) is 1. The minimum atomic E-state index is -3.13. The van der Waals surface area contributed by atoms with Crippen LogP contribution in [0, 0.1) is 0 Å². The van der Waals surface area contributed by atoms with Crippen molar-refractivity contribution >= 4 is 27.5 Å². The van der Waals surface area contributed by atoms with Crippen molar-refractivity contribution in [1.29, 1.82) is 0 Å². The monoisotopic (exact) mass is 457 g/mol. The molecule has 1 aliphatic rings. The van der Waals surface area contributed by atoms with Gasteiger partial charge in [0.25, 0.3) is 5.91 Å². The zero-order valence-electron chi connectivity index (χ0n) is 18.0. The molecule has 32 heavy (non-hydrogen) atoms. The maximum atomic E-state index is 12.7. The maximum Gasteiger partial charge on any atom is 0.338 e. The molecule has 0 N–H and O–H groups in total. The molecule has 2 aromatic rings. The number of carbonyl (C=O) groups excluding carboxylic acids is 3. The average molecular weight is 458 g/mol. The molecule has 170 valence electrons. The van der Waals surface area contributed by atoms with Crippen molar-refractivity contribution < 1.29 is 27.5 Å². The number of nitrogens with zero attached hydrogens (tertiary/aromatic N) is 1. The summed E-state index contributed by atoms with van der Waals surface area (Å²) in [4.78, 5) is 39.1. The Morgan fingerprint density at radius 3 is 2.19 bits per heavy atom. The molecule has 0 aliphatic carbocycles. The number of esters is 1. The van der Waals surface area contributed by atoms with E-state index in [0.29, 0.717) is 24.1 Å². The second kappa shape index (κ2) is 10.5. The summed E-state index contributed by atoms with van der Waals surface area (Å²) in [6.45, 7) is 1.97. The first kappa shape index (κ1) is 23.7. The Labute approximate surface area is 188 Å². The van der Waals surface area contributed by atoms with Crippen LogP contribution in [0.15, 0.2) is 54.6 Å². The van der Waals surface area contributed by atoms with E-state index < -0.39 is 28.3 Å². The van der Waals surface area contributed by atoms with Crippen LogP contribution in [0.4, 0.5) is 0 Å². The first-order valence-electron chi connectivity index (χ1n) is 10.7. The minimum Gasteiger partial charge on any atom is -0.452 e. The third kappa shape index (κ3) is 6.03. The van der Waals surface area contributed by atoms with Crippen molar-refractivity contribution in [2.45, 2.75) is 32.2 Å². The molecule has 0 spiro atoms. The van der Waals surface area contributed by atoms with Gasteiger partial charge in [0.05, 0.1) is 17.1 Å². The van der Waals surface area contributed by atoms with E-state index in [1.807, 2.05) is 13.0 Å². The fourth-order valence-corrected chi connectivity index (χ4v) is 5.40. The van der Waals surface area contributed by atoms with E-state index in [9.17, 15) is 22.8 Å². The predicted molar refractivity (Wildman–Crippen MR) is 120 cm³/mol. The average Bonchev–Trinajstić information content (AvgIpc) is 3.17. The molecule has 1 unspecified atom stereocenters. The normalized spacial score (nSPS) is 17.0. The lowest BCUT2D eigenvalue weighted by Crippen LogP contribution is -2.43. The van der Waals surface area contributed by atoms with Crippen LogP contribution in [0.25, 0.3) is 0 Å². The number of sulfone groups is 1. The smallest absolute Gasteiger partial charge is 0.338 e. The predicted octanol–water partition coefficient (Wildman–Crippen LogP) is 2.89. The summed E-state index contributed by atoms with van der Waals surface area (Å²) in [7, 11) is -3.13. The van der Waals surface area contributed by atoms with Gasteiger partial charge in [-0.2, -0.15) is 0 Å². The molecule has 1 atom stereocenters. The van der Waals surface area contributed by atoms with Gasteiger partial charge in [0.15, 0.2) is 22.2 Å². The van der Waals surface area contributed by atoms with Gasteiger partial charge >= 0.3 is 5.97 Å². The number of amides is 1. The summed E-state index contributed by atoms with van der Waals surface area (Å²) in [5.74, 6) is -1.20. The number of rotatable bonds is 9. The van der Waals surface area contributed by atoms with Gasteiger partial charge in [-0.25, -0.2) is 13.2 Å². The van der Waals surface area contributed by atoms with Gasteiger partial charge in [-0.05, 0) is 25.0 Å². The first-order chi connectivity index (χ1) is 15.3. The quantitative estimate of drug-likeness (QED) is 0.424. The fraction of sp³-hybridized carbons (Fsp3) is 0.375. The molecule has 1 saturated heterocycles. The Kier molecular flexibility index (Phi) is 7.80. The summed E-state index contributed by atoms with van der Waals surface area (Å²) in [6, 6.07) is 14.5. The molecule has 1 aliphatic heterocycles. The first-order valence-corrected chi connectivity index (χ1v) is 12.5. The van der Waals surface area contributed by atoms with Crippen molar-refractivity contribution in [1.82, 2.24) is 4.90 Å². The van der Waals surface area contributed by atoms with Crippen LogP contribution in [0.3, 0.4) is 0 Å². The second-order valence-corrected chi connectivity index (χ2v) is 10.1. The summed E-state index contributed by atoms with van der Waals surface area (Å²) < 4.78 is 28.8. The maximum absolute atomic E-state index is 12.7. The highest BCUT2D eigenvalue weighted by atomic mass is 32.2.